The lowest BCUT2D eigenvalue weighted by molar-refractivity contribution is -0.144. The Hall–Kier alpha value is -3.46. The van der Waals surface area contributed by atoms with Crippen LogP contribution < -0.4 is 0 Å². The molecule has 0 saturated carbocycles. The fraction of sp³-hybridized carbons (Fsp3) is 0.433. The predicted molar refractivity (Wildman–Crippen MR) is 156 cm³/mol. The highest BCUT2D eigenvalue weighted by atomic mass is 32.2. The number of benzene rings is 2. The van der Waals surface area contributed by atoms with Crippen molar-refractivity contribution in [3.63, 3.8) is 0 Å². The maximum Gasteiger partial charge on any atom is 0.236 e. The quantitative estimate of drug-likeness (QED) is 0.307. The molecule has 2 amide bonds. The molecule has 3 heterocycles. The number of amides is 2. The molecule has 1 aliphatic heterocycles. The van der Waals surface area contributed by atoms with E-state index in [1.807, 2.05) is 55.7 Å². The number of fused-ring (bicyclic) bond motifs is 3. The number of carbonyl (C=O) groups is 2. The van der Waals surface area contributed by atoms with Crippen LogP contribution in [-0.4, -0.2) is 72.3 Å². The zero-order chi connectivity index (χ0) is 27.7. The van der Waals surface area contributed by atoms with Gasteiger partial charge in [-0.1, -0.05) is 75.0 Å². The molecule has 2 atom stereocenters. The number of rotatable bonds is 7. The van der Waals surface area contributed by atoms with Crippen LogP contribution in [0.5, 0.6) is 0 Å². The van der Waals surface area contributed by atoms with Gasteiger partial charge in [0, 0.05) is 43.5 Å². The topological polar surface area (TPSA) is 84.2 Å². The van der Waals surface area contributed by atoms with Crippen LogP contribution in [0, 0.1) is 12.8 Å². The molecule has 2 aromatic carbocycles. The van der Waals surface area contributed by atoms with Gasteiger partial charge in [-0.2, -0.15) is 0 Å². The molecule has 0 spiro atoms. The maximum atomic E-state index is 13.6. The zero-order valence-electron chi connectivity index (χ0n) is 23.3. The highest BCUT2D eigenvalue weighted by molar-refractivity contribution is 8.00. The molecule has 4 aromatic rings. The van der Waals surface area contributed by atoms with Crippen molar-refractivity contribution in [1.29, 1.82) is 0 Å². The molecule has 1 aliphatic rings. The molecule has 5 rings (SSSR count). The van der Waals surface area contributed by atoms with Crippen LogP contribution in [0.15, 0.2) is 53.7 Å². The van der Waals surface area contributed by atoms with E-state index in [1.54, 1.807) is 0 Å². The first-order valence-electron chi connectivity index (χ1n) is 13.7. The van der Waals surface area contributed by atoms with E-state index in [0.717, 1.165) is 22.1 Å². The summed E-state index contributed by atoms with van der Waals surface area (Å²) >= 11 is 1.38. The average Bonchev–Trinajstić information content (AvgIpc) is 3.24. The van der Waals surface area contributed by atoms with Gasteiger partial charge in [0.1, 0.15) is 5.52 Å². The number of aryl methyl sites for hydroxylation is 1. The van der Waals surface area contributed by atoms with E-state index in [9.17, 15) is 9.59 Å². The molecule has 0 aliphatic carbocycles. The number of carbonyl (C=O) groups excluding carboxylic acids is 2. The van der Waals surface area contributed by atoms with E-state index >= 15 is 0 Å². The monoisotopic (exact) mass is 544 g/mol. The molecule has 39 heavy (non-hydrogen) atoms. The number of nitrogens with zero attached hydrogens (tertiary/aromatic N) is 6. The van der Waals surface area contributed by atoms with Crippen LogP contribution in [0.3, 0.4) is 0 Å². The number of aromatic nitrogens is 4. The number of hydrogen-bond acceptors (Lipinski definition) is 6. The Morgan fingerprint density at radius 3 is 2.49 bits per heavy atom. The van der Waals surface area contributed by atoms with Crippen molar-refractivity contribution in [2.75, 3.05) is 19.6 Å². The molecular weight excluding hydrogens is 508 g/mol. The maximum absolute atomic E-state index is 13.6. The van der Waals surface area contributed by atoms with Gasteiger partial charge >= 0.3 is 0 Å². The van der Waals surface area contributed by atoms with Gasteiger partial charge in [0.15, 0.2) is 5.65 Å². The van der Waals surface area contributed by atoms with E-state index in [-0.39, 0.29) is 29.0 Å². The summed E-state index contributed by atoms with van der Waals surface area (Å²) in [5.41, 5.74) is 5.04. The third-order valence-corrected chi connectivity index (χ3v) is 8.76. The zero-order valence-corrected chi connectivity index (χ0v) is 24.1. The number of hydrogen-bond donors (Lipinski definition) is 0. The van der Waals surface area contributed by atoms with Crippen LogP contribution in [0.2, 0.25) is 0 Å². The van der Waals surface area contributed by atoms with Gasteiger partial charge < -0.3 is 14.4 Å². The lowest BCUT2D eigenvalue weighted by Gasteiger charge is -2.41. The van der Waals surface area contributed by atoms with E-state index in [1.165, 1.54) is 22.9 Å². The summed E-state index contributed by atoms with van der Waals surface area (Å²) < 4.78 is 2.20. The van der Waals surface area contributed by atoms with Crippen molar-refractivity contribution < 1.29 is 9.59 Å². The van der Waals surface area contributed by atoms with Crippen molar-refractivity contribution in [3.05, 3.63) is 59.7 Å². The molecular formula is C30H36N6O2S. The highest BCUT2D eigenvalue weighted by Crippen LogP contribution is 2.30. The summed E-state index contributed by atoms with van der Waals surface area (Å²) in [6, 6.07) is 16.5. The first-order chi connectivity index (χ1) is 18.8. The van der Waals surface area contributed by atoms with Gasteiger partial charge in [-0.25, -0.2) is 4.98 Å². The molecule has 8 nitrogen and oxygen atoms in total. The van der Waals surface area contributed by atoms with Gasteiger partial charge in [0.25, 0.3) is 0 Å². The largest absolute Gasteiger partial charge is 0.338 e. The molecule has 9 heteroatoms. The van der Waals surface area contributed by atoms with Gasteiger partial charge in [0.05, 0.1) is 10.8 Å². The summed E-state index contributed by atoms with van der Waals surface area (Å²) in [4.78, 5) is 34.8. The Kier molecular flexibility index (Phi) is 7.88. The Bertz CT molecular complexity index is 1520. The molecule has 2 aromatic heterocycles. The van der Waals surface area contributed by atoms with E-state index in [4.69, 9.17) is 4.98 Å². The van der Waals surface area contributed by atoms with Gasteiger partial charge in [-0.3, -0.25) is 9.59 Å². The number of para-hydroxylation sites is 1. The molecule has 1 fully saturated rings. The molecule has 0 bridgehead atoms. The third kappa shape index (κ3) is 5.37. The minimum Gasteiger partial charge on any atom is -0.338 e. The minimum atomic E-state index is -0.321. The number of piperazine rings is 1. The average molecular weight is 545 g/mol. The van der Waals surface area contributed by atoms with Gasteiger partial charge in [0.2, 0.25) is 17.0 Å². The number of thioether (sulfide) groups is 1. The second-order valence-corrected chi connectivity index (χ2v) is 11.8. The smallest absolute Gasteiger partial charge is 0.236 e. The molecule has 204 valence electrons. The van der Waals surface area contributed by atoms with Crippen molar-refractivity contribution >= 4 is 45.6 Å². The summed E-state index contributed by atoms with van der Waals surface area (Å²) in [5.74, 6) is 0.162. The Morgan fingerprint density at radius 1 is 1.03 bits per heavy atom. The minimum absolute atomic E-state index is 0.00785. The summed E-state index contributed by atoms with van der Waals surface area (Å²) in [6.45, 7) is 12.3. The first kappa shape index (κ1) is 27.1. The van der Waals surface area contributed by atoms with Crippen LogP contribution in [0.4, 0.5) is 0 Å². The van der Waals surface area contributed by atoms with E-state index in [2.05, 4.69) is 52.0 Å². The van der Waals surface area contributed by atoms with Crippen molar-refractivity contribution in [1.82, 2.24) is 29.5 Å². The Balaban J connectivity index is 1.40. The molecule has 0 radical (unpaired) electrons. The summed E-state index contributed by atoms with van der Waals surface area (Å²) in [7, 11) is 0. The first-order valence-corrected chi connectivity index (χ1v) is 14.6. The lowest BCUT2D eigenvalue weighted by atomic mass is 10.1. The fourth-order valence-electron chi connectivity index (χ4n) is 5.31. The van der Waals surface area contributed by atoms with E-state index in [0.29, 0.717) is 37.8 Å². The molecule has 1 saturated heterocycles. The summed E-state index contributed by atoms with van der Waals surface area (Å²) in [5, 5.41) is 10.2. The van der Waals surface area contributed by atoms with Crippen molar-refractivity contribution in [2.24, 2.45) is 5.92 Å². The molecule has 2 unspecified atom stereocenters. The van der Waals surface area contributed by atoms with Crippen molar-refractivity contribution in [3.8, 4) is 0 Å². The second-order valence-electron chi connectivity index (χ2n) is 10.6. The second kappa shape index (κ2) is 11.3. The SMILES string of the molecule is CCC(Sc1nnc2c3ccccc3n(Cc3ccccc3C)c2n1)C(=O)N1CCN(C(=O)C(C)C)C(C)C1. The Labute approximate surface area is 233 Å². The van der Waals surface area contributed by atoms with Crippen LogP contribution >= 0.6 is 11.8 Å². The van der Waals surface area contributed by atoms with Crippen LogP contribution in [0.1, 0.15) is 45.2 Å². The highest BCUT2D eigenvalue weighted by Gasteiger charge is 2.33. The Morgan fingerprint density at radius 2 is 1.77 bits per heavy atom. The standard InChI is InChI=1S/C30H36N6O2S/c1-6-25(29(38)34-15-16-35(21(5)17-34)28(37)19(2)3)39-30-31-27-26(32-33-30)23-13-9-10-14-24(23)36(27)18-22-12-8-7-11-20(22)4/h7-14,19,21,25H,6,15-18H2,1-5H3. The van der Waals surface area contributed by atoms with Gasteiger partial charge in [-0.05, 0) is 37.5 Å². The normalized spacial score (nSPS) is 16.8. The van der Waals surface area contributed by atoms with Crippen molar-refractivity contribution in [2.45, 2.75) is 64.0 Å². The summed E-state index contributed by atoms with van der Waals surface area (Å²) in [6.07, 6.45) is 0.649. The van der Waals surface area contributed by atoms with Crippen LogP contribution in [-0.2, 0) is 16.1 Å². The fourth-order valence-corrected chi connectivity index (χ4v) is 6.21. The van der Waals surface area contributed by atoms with E-state index < -0.39 is 0 Å². The molecule has 0 N–H and O–H groups in total. The van der Waals surface area contributed by atoms with Crippen LogP contribution in [0.25, 0.3) is 22.1 Å². The van der Waals surface area contributed by atoms with Gasteiger partial charge in [-0.15, -0.1) is 10.2 Å². The predicted octanol–water partition coefficient (Wildman–Crippen LogP) is 4.92. The lowest BCUT2D eigenvalue weighted by Crippen LogP contribution is -2.57. The third-order valence-electron chi connectivity index (χ3n) is 7.55.